The first-order valence-electron chi connectivity index (χ1n) is 12.5. The van der Waals surface area contributed by atoms with Crippen LogP contribution in [0, 0.1) is 5.41 Å². The average Bonchev–Trinajstić information content (AvgIpc) is 2.89. The van der Waals surface area contributed by atoms with Crippen molar-refractivity contribution in [2.45, 2.75) is 76.3 Å². The molecule has 0 radical (unpaired) electrons. The molecule has 4 unspecified atom stereocenters. The number of benzene rings is 1. The Morgan fingerprint density at radius 1 is 1.00 bits per heavy atom. The van der Waals surface area contributed by atoms with Crippen molar-refractivity contribution in [2.75, 3.05) is 37.2 Å². The number of phenols is 1. The Morgan fingerprint density at radius 3 is 2.08 bits per heavy atom. The van der Waals surface area contributed by atoms with Gasteiger partial charge in [0.1, 0.15) is 11.8 Å². The van der Waals surface area contributed by atoms with E-state index in [-0.39, 0.29) is 17.8 Å². The molecule has 1 fully saturated rings. The Balaban J connectivity index is 0.000000381. The van der Waals surface area contributed by atoms with Crippen LogP contribution < -0.4 is 5.32 Å². The van der Waals surface area contributed by atoms with E-state index in [1.807, 2.05) is 10.8 Å². The highest BCUT2D eigenvalue weighted by molar-refractivity contribution is 8.79. The molecule has 4 nitrogen and oxygen atoms in total. The summed E-state index contributed by atoms with van der Waals surface area (Å²) in [5.74, 6) is 4.87. The Hall–Kier alpha value is 0.550. The molecule has 0 bridgehead atoms. The lowest BCUT2D eigenvalue weighted by Crippen LogP contribution is -2.69. The van der Waals surface area contributed by atoms with Gasteiger partial charge in [0.15, 0.2) is 0 Å². The number of carbonyl (C=O) groups is 1. The maximum absolute atomic E-state index is 11.3. The van der Waals surface area contributed by atoms with Gasteiger partial charge < -0.3 is 15.2 Å². The molecular weight excluding hydrogens is 567 g/mol. The molecule has 0 aromatic heterocycles. The van der Waals surface area contributed by atoms with Crippen LogP contribution in [-0.4, -0.2) is 63.8 Å². The Bertz CT molecular complexity index is 771. The zero-order chi connectivity index (χ0) is 27.2. The summed E-state index contributed by atoms with van der Waals surface area (Å²) in [6, 6.07) is 6.41. The standard InChI is InChI=1S/C15H30S6.C11H15NO3/c1-7-13(5)14(6,20-17-9-3)11-15(13,21-18-10-4)12-19-16-8-2;1-12-10(11(14)15-2)7-8-3-5-9(13)6-4-8/h7-12H2,1-6H3;3-6,10,12-13H,7H2,1-2H3. The van der Waals surface area contributed by atoms with Gasteiger partial charge in [-0.25, -0.2) is 0 Å². The zero-order valence-corrected chi connectivity index (χ0v) is 27.9. The fourth-order valence-electron chi connectivity index (χ4n) is 4.38. The van der Waals surface area contributed by atoms with E-state index in [1.54, 1.807) is 31.3 Å². The maximum atomic E-state index is 11.3. The largest absolute Gasteiger partial charge is 0.508 e. The van der Waals surface area contributed by atoms with Crippen LogP contribution in [0.3, 0.4) is 0 Å². The molecule has 0 aliphatic heterocycles. The second-order valence-corrected chi connectivity index (χ2v) is 17.8. The highest BCUT2D eigenvalue weighted by Gasteiger charge is 2.68. The van der Waals surface area contributed by atoms with Gasteiger partial charge in [-0.05, 0) is 56.3 Å². The number of phenolic OH excluding ortho intramolecular Hbond substituents is 1. The first-order chi connectivity index (χ1) is 17.1. The van der Waals surface area contributed by atoms with Crippen LogP contribution >= 0.6 is 64.8 Å². The minimum atomic E-state index is -0.348. The molecule has 0 amide bonds. The molecule has 1 saturated carbocycles. The van der Waals surface area contributed by atoms with Gasteiger partial charge in [0, 0.05) is 32.5 Å². The monoisotopic (exact) mass is 611 g/mol. The van der Waals surface area contributed by atoms with Gasteiger partial charge in [0.05, 0.1) is 7.11 Å². The number of likely N-dealkylation sites (N-methyl/N-ethyl adjacent to an activating group) is 1. The molecule has 1 aliphatic rings. The van der Waals surface area contributed by atoms with Crippen LogP contribution in [0.1, 0.15) is 59.9 Å². The molecule has 36 heavy (non-hydrogen) atoms. The lowest BCUT2D eigenvalue weighted by Gasteiger charge is -2.68. The maximum Gasteiger partial charge on any atom is 0.323 e. The number of carbonyl (C=O) groups excluding carboxylic acids is 1. The van der Waals surface area contributed by atoms with E-state index in [1.165, 1.54) is 43.0 Å². The highest BCUT2D eigenvalue weighted by Crippen LogP contribution is 2.73. The van der Waals surface area contributed by atoms with Crippen molar-refractivity contribution in [3.05, 3.63) is 29.8 Å². The lowest BCUT2D eigenvalue weighted by molar-refractivity contribution is -0.142. The topological polar surface area (TPSA) is 58.6 Å². The predicted octanol–water partition coefficient (Wildman–Crippen LogP) is 8.20. The third-order valence-corrected chi connectivity index (χ3v) is 16.6. The number of esters is 1. The number of rotatable bonds is 15. The van der Waals surface area contributed by atoms with E-state index < -0.39 is 0 Å². The number of ether oxygens (including phenoxy) is 1. The van der Waals surface area contributed by atoms with Gasteiger partial charge in [0.25, 0.3) is 0 Å². The van der Waals surface area contributed by atoms with Crippen molar-refractivity contribution in [1.82, 2.24) is 5.32 Å². The molecule has 208 valence electrons. The summed E-state index contributed by atoms with van der Waals surface area (Å²) in [6.07, 6.45) is 3.19. The molecule has 2 N–H and O–H groups in total. The number of nitrogens with one attached hydrogen (secondary N) is 1. The minimum Gasteiger partial charge on any atom is -0.508 e. The Kier molecular flexibility index (Phi) is 16.6. The van der Waals surface area contributed by atoms with Gasteiger partial charge in [0.2, 0.25) is 0 Å². The van der Waals surface area contributed by atoms with E-state index in [0.717, 1.165) is 5.56 Å². The fraction of sp³-hybridized carbons (Fsp3) is 0.731. The van der Waals surface area contributed by atoms with E-state index in [0.29, 0.717) is 21.3 Å². The van der Waals surface area contributed by atoms with E-state index in [2.05, 4.69) is 106 Å². The molecule has 10 heteroatoms. The molecule has 2 rings (SSSR count). The SMILES string of the molecule is CCSSCC1(SSCC)CC(C)(SSCC)C1(C)CC.CNC(Cc1ccc(O)cc1)C(=O)OC. The van der Waals surface area contributed by atoms with Gasteiger partial charge in [-0.15, -0.1) is 0 Å². The van der Waals surface area contributed by atoms with Gasteiger partial charge in [-0.3, -0.25) is 4.79 Å². The smallest absolute Gasteiger partial charge is 0.323 e. The summed E-state index contributed by atoms with van der Waals surface area (Å²) in [5.41, 5.74) is 1.40. The van der Waals surface area contributed by atoms with Crippen LogP contribution in [0.2, 0.25) is 0 Å². The molecule has 0 spiro atoms. The summed E-state index contributed by atoms with van der Waals surface area (Å²) in [4.78, 5) is 11.3. The molecule has 1 aromatic rings. The van der Waals surface area contributed by atoms with Crippen molar-refractivity contribution < 1.29 is 14.6 Å². The fourth-order valence-corrected chi connectivity index (χ4v) is 13.8. The van der Waals surface area contributed by atoms with Crippen molar-refractivity contribution in [1.29, 1.82) is 0 Å². The molecular formula is C26H45NO3S6. The van der Waals surface area contributed by atoms with Gasteiger partial charge >= 0.3 is 5.97 Å². The summed E-state index contributed by atoms with van der Waals surface area (Å²) in [7, 11) is 15.7. The third-order valence-electron chi connectivity index (χ3n) is 6.90. The number of hydrogen-bond acceptors (Lipinski definition) is 10. The third kappa shape index (κ3) is 9.05. The van der Waals surface area contributed by atoms with Crippen molar-refractivity contribution in [3.8, 4) is 5.75 Å². The second kappa shape index (κ2) is 17.3. The normalized spacial score (nSPS) is 25.9. The Morgan fingerprint density at radius 2 is 1.58 bits per heavy atom. The minimum absolute atomic E-state index is 0.220. The van der Waals surface area contributed by atoms with E-state index in [9.17, 15) is 4.79 Å². The number of methoxy groups -OCH3 is 1. The van der Waals surface area contributed by atoms with Crippen molar-refractivity contribution >= 4 is 70.7 Å². The van der Waals surface area contributed by atoms with Crippen molar-refractivity contribution in [2.24, 2.45) is 5.41 Å². The molecule has 1 aliphatic carbocycles. The first kappa shape index (κ1) is 34.6. The average molecular weight is 612 g/mol. The van der Waals surface area contributed by atoms with E-state index >= 15 is 0 Å². The number of hydrogen-bond donors (Lipinski definition) is 2. The molecule has 0 saturated heterocycles. The second-order valence-electron chi connectivity index (χ2n) is 8.97. The van der Waals surface area contributed by atoms with Crippen LogP contribution in [0.15, 0.2) is 24.3 Å². The quantitative estimate of drug-likeness (QED) is 0.115. The summed E-state index contributed by atoms with van der Waals surface area (Å²) in [5, 5.41) is 12.0. The zero-order valence-electron chi connectivity index (χ0n) is 23.0. The first-order valence-corrected chi connectivity index (χ1v) is 19.6. The predicted molar refractivity (Wildman–Crippen MR) is 173 cm³/mol. The lowest BCUT2D eigenvalue weighted by atomic mass is 9.52. The highest BCUT2D eigenvalue weighted by atomic mass is 33.1. The number of aromatic hydroxyl groups is 1. The van der Waals surface area contributed by atoms with Crippen LogP contribution in [0.5, 0.6) is 5.75 Å². The van der Waals surface area contributed by atoms with Gasteiger partial charge in [-0.2, -0.15) is 0 Å². The summed E-state index contributed by atoms with van der Waals surface area (Å²) >= 11 is 0. The summed E-state index contributed by atoms with van der Waals surface area (Å²) < 4.78 is 5.53. The van der Waals surface area contributed by atoms with Crippen LogP contribution in [0.4, 0.5) is 0 Å². The molecule has 1 aromatic carbocycles. The van der Waals surface area contributed by atoms with Crippen molar-refractivity contribution in [3.63, 3.8) is 0 Å². The van der Waals surface area contributed by atoms with E-state index in [4.69, 9.17) is 5.11 Å². The van der Waals surface area contributed by atoms with Gasteiger partial charge in [-0.1, -0.05) is 112 Å². The summed E-state index contributed by atoms with van der Waals surface area (Å²) in [6.45, 7) is 14.3. The molecule has 4 atom stereocenters. The van der Waals surface area contributed by atoms with Crippen LogP contribution in [-0.2, 0) is 16.0 Å². The Labute approximate surface area is 243 Å². The molecule has 0 heterocycles. The van der Waals surface area contributed by atoms with Crippen LogP contribution in [0.25, 0.3) is 0 Å².